The van der Waals surface area contributed by atoms with E-state index >= 15 is 0 Å². The molecule has 0 aromatic carbocycles. The molecule has 2 heteroatoms. The van der Waals surface area contributed by atoms with Crippen LogP contribution in [-0.4, -0.2) is 43.0 Å². The summed E-state index contributed by atoms with van der Waals surface area (Å²) in [7, 11) is 6.37. The molecule has 0 saturated heterocycles. The Morgan fingerprint density at radius 3 is 2.39 bits per heavy atom. The molecule has 0 spiro atoms. The summed E-state index contributed by atoms with van der Waals surface area (Å²) in [5.41, 5.74) is 1.49. The van der Waals surface area contributed by atoms with Gasteiger partial charge in [-0.1, -0.05) is 39.0 Å². The van der Waals surface area contributed by atoms with E-state index in [-0.39, 0.29) is 0 Å². The fraction of sp³-hybridized carbons (Fsp3) is 0.625. The van der Waals surface area contributed by atoms with Gasteiger partial charge < -0.3 is 9.80 Å². The highest BCUT2D eigenvalue weighted by atomic mass is 15.1. The Balaban J connectivity index is 0.00000137. The van der Waals surface area contributed by atoms with Crippen LogP contribution >= 0.6 is 0 Å². The molecule has 0 saturated carbocycles. The van der Waals surface area contributed by atoms with Gasteiger partial charge in [-0.15, -0.1) is 0 Å². The Hall–Kier alpha value is -1.02. The smallest absolute Gasteiger partial charge is 0.0681 e. The molecule has 0 aliphatic carbocycles. The first kappa shape index (κ1) is 17.0. The lowest BCUT2D eigenvalue weighted by atomic mass is 9.99. The number of likely N-dealkylation sites (N-methyl/N-ethyl adjacent to an activating group) is 2. The van der Waals surface area contributed by atoms with E-state index in [9.17, 15) is 0 Å². The van der Waals surface area contributed by atoms with Crippen molar-refractivity contribution in [1.82, 2.24) is 9.80 Å². The van der Waals surface area contributed by atoms with E-state index in [4.69, 9.17) is 0 Å². The minimum absolute atomic E-state index is 0.428. The molecule has 1 aliphatic heterocycles. The van der Waals surface area contributed by atoms with Gasteiger partial charge in [-0.05, 0) is 45.3 Å². The van der Waals surface area contributed by atoms with Gasteiger partial charge >= 0.3 is 0 Å². The normalized spacial score (nSPS) is 20.8. The summed E-state index contributed by atoms with van der Waals surface area (Å²) in [5.74, 6) is 0. The molecule has 0 amide bonds. The van der Waals surface area contributed by atoms with E-state index in [1.54, 1.807) is 0 Å². The van der Waals surface area contributed by atoms with Crippen LogP contribution in [0, 0.1) is 0 Å². The van der Waals surface area contributed by atoms with Gasteiger partial charge in [0.05, 0.1) is 6.04 Å². The Morgan fingerprint density at radius 2 is 1.94 bits per heavy atom. The molecule has 1 heterocycles. The molecular formula is C16H30N2. The van der Waals surface area contributed by atoms with Crippen LogP contribution in [0.3, 0.4) is 0 Å². The third kappa shape index (κ3) is 5.09. The quantitative estimate of drug-likeness (QED) is 0.702. The number of hydrogen-bond acceptors (Lipinski definition) is 2. The van der Waals surface area contributed by atoms with Gasteiger partial charge in [0.1, 0.15) is 0 Å². The van der Waals surface area contributed by atoms with Crippen LogP contribution in [-0.2, 0) is 0 Å². The minimum Gasteiger partial charge on any atom is -0.370 e. The standard InChI is InChI=1S/C14H24N2.C2H6/c1-6-13(11-12(2)15(3)4)14-9-7-8-10-16(14)5;1-2/h7-12,14H,6H2,1-5H3;1-2H3/b13-11+;. The zero-order valence-electron chi connectivity index (χ0n) is 13.1. The van der Waals surface area contributed by atoms with E-state index in [0.29, 0.717) is 12.1 Å². The lowest BCUT2D eigenvalue weighted by molar-refractivity contribution is 0.356. The van der Waals surface area contributed by atoms with Crippen molar-refractivity contribution >= 4 is 0 Å². The largest absolute Gasteiger partial charge is 0.370 e. The van der Waals surface area contributed by atoms with Crippen LogP contribution in [0.5, 0.6) is 0 Å². The van der Waals surface area contributed by atoms with E-state index < -0.39 is 0 Å². The second-order valence-corrected chi connectivity index (χ2v) is 4.64. The molecule has 2 unspecified atom stereocenters. The highest BCUT2D eigenvalue weighted by molar-refractivity contribution is 5.26. The van der Waals surface area contributed by atoms with E-state index in [1.165, 1.54) is 5.57 Å². The lowest BCUT2D eigenvalue weighted by Crippen LogP contribution is -2.30. The molecule has 2 nitrogen and oxygen atoms in total. The van der Waals surface area contributed by atoms with Gasteiger partial charge in [-0.2, -0.15) is 0 Å². The third-order valence-corrected chi connectivity index (χ3v) is 3.22. The Labute approximate surface area is 114 Å². The van der Waals surface area contributed by atoms with Gasteiger partial charge in [-0.25, -0.2) is 0 Å². The van der Waals surface area contributed by atoms with Crippen LogP contribution in [0.4, 0.5) is 0 Å². The molecule has 0 bridgehead atoms. The zero-order chi connectivity index (χ0) is 14.1. The predicted octanol–water partition coefficient (Wildman–Crippen LogP) is 3.68. The van der Waals surface area contributed by atoms with Gasteiger partial charge in [-0.3, -0.25) is 0 Å². The van der Waals surface area contributed by atoms with Crippen molar-refractivity contribution in [3.63, 3.8) is 0 Å². The van der Waals surface area contributed by atoms with Gasteiger partial charge in [0, 0.05) is 13.1 Å². The average Bonchev–Trinajstić information content (AvgIpc) is 2.39. The first-order valence-corrected chi connectivity index (χ1v) is 7.00. The molecule has 0 aromatic rings. The number of allylic oxidation sites excluding steroid dienone is 2. The Kier molecular flexibility index (Phi) is 8.47. The predicted molar refractivity (Wildman–Crippen MR) is 82.7 cm³/mol. The van der Waals surface area contributed by atoms with E-state index in [2.05, 4.69) is 75.3 Å². The summed E-state index contributed by atoms with van der Waals surface area (Å²) < 4.78 is 0. The van der Waals surface area contributed by atoms with Crippen molar-refractivity contribution in [2.75, 3.05) is 21.1 Å². The van der Waals surface area contributed by atoms with Gasteiger partial charge in [0.25, 0.3) is 0 Å². The second kappa shape index (κ2) is 8.98. The van der Waals surface area contributed by atoms with Crippen molar-refractivity contribution in [3.05, 3.63) is 36.1 Å². The van der Waals surface area contributed by atoms with Crippen molar-refractivity contribution in [2.24, 2.45) is 0 Å². The minimum atomic E-state index is 0.428. The molecule has 0 N–H and O–H groups in total. The fourth-order valence-corrected chi connectivity index (χ4v) is 1.85. The molecular weight excluding hydrogens is 220 g/mol. The summed E-state index contributed by atoms with van der Waals surface area (Å²) in [5, 5.41) is 0. The molecule has 0 fully saturated rings. The van der Waals surface area contributed by atoms with Crippen molar-refractivity contribution in [2.45, 2.75) is 46.2 Å². The van der Waals surface area contributed by atoms with Crippen LogP contribution in [0.2, 0.25) is 0 Å². The molecule has 1 aliphatic rings. The average molecular weight is 250 g/mol. The Morgan fingerprint density at radius 1 is 1.33 bits per heavy atom. The maximum atomic E-state index is 2.38. The summed E-state index contributed by atoms with van der Waals surface area (Å²) in [4.78, 5) is 4.50. The van der Waals surface area contributed by atoms with Crippen LogP contribution < -0.4 is 0 Å². The SMILES string of the molecule is CC.CC/C(=C\C(C)N(C)C)C1C=CC=CN1C. The maximum absolute atomic E-state index is 2.38. The van der Waals surface area contributed by atoms with E-state index in [1.807, 2.05) is 13.8 Å². The monoisotopic (exact) mass is 250 g/mol. The molecule has 0 aromatic heterocycles. The number of hydrogen-bond donors (Lipinski definition) is 0. The van der Waals surface area contributed by atoms with E-state index in [0.717, 1.165) is 6.42 Å². The third-order valence-electron chi connectivity index (χ3n) is 3.22. The second-order valence-electron chi connectivity index (χ2n) is 4.64. The molecule has 104 valence electrons. The fourth-order valence-electron chi connectivity index (χ4n) is 1.85. The molecule has 0 radical (unpaired) electrons. The van der Waals surface area contributed by atoms with Gasteiger partial charge in [0.15, 0.2) is 0 Å². The number of rotatable bonds is 4. The molecule has 1 rings (SSSR count). The van der Waals surface area contributed by atoms with Crippen LogP contribution in [0.1, 0.15) is 34.1 Å². The summed E-state index contributed by atoms with van der Waals surface area (Å²) in [6.45, 7) is 8.46. The molecule has 2 atom stereocenters. The Bertz CT molecular complexity index is 300. The van der Waals surface area contributed by atoms with Crippen LogP contribution in [0.25, 0.3) is 0 Å². The number of nitrogens with zero attached hydrogens (tertiary/aromatic N) is 2. The lowest BCUT2D eigenvalue weighted by Gasteiger charge is -2.29. The van der Waals surface area contributed by atoms with Crippen molar-refractivity contribution in [3.8, 4) is 0 Å². The van der Waals surface area contributed by atoms with Gasteiger partial charge in [0.2, 0.25) is 0 Å². The summed E-state index contributed by atoms with van der Waals surface area (Å²) >= 11 is 0. The van der Waals surface area contributed by atoms with Crippen molar-refractivity contribution < 1.29 is 0 Å². The topological polar surface area (TPSA) is 6.48 Å². The first-order valence-electron chi connectivity index (χ1n) is 7.00. The summed E-state index contributed by atoms with van der Waals surface area (Å²) in [6.07, 6.45) is 12.1. The first-order chi connectivity index (χ1) is 8.56. The maximum Gasteiger partial charge on any atom is 0.0681 e. The summed E-state index contributed by atoms with van der Waals surface area (Å²) in [6, 6.07) is 0.917. The van der Waals surface area contributed by atoms with Crippen molar-refractivity contribution in [1.29, 1.82) is 0 Å². The van der Waals surface area contributed by atoms with Crippen LogP contribution in [0.15, 0.2) is 36.1 Å². The highest BCUT2D eigenvalue weighted by Gasteiger charge is 2.15. The molecule has 18 heavy (non-hydrogen) atoms. The zero-order valence-corrected chi connectivity index (χ0v) is 13.1. The highest BCUT2D eigenvalue weighted by Crippen LogP contribution is 2.19.